The molecular weight excluding hydrogens is 705 g/mol. The molecule has 0 amide bonds. The summed E-state index contributed by atoms with van der Waals surface area (Å²) in [6, 6.07) is 69.0. The monoisotopic (exact) mass is 742 g/mol. The Labute approximate surface area is 337 Å². The van der Waals surface area contributed by atoms with Crippen LogP contribution in [0.1, 0.15) is 23.6 Å². The van der Waals surface area contributed by atoms with Gasteiger partial charge in [0.1, 0.15) is 0 Å². The van der Waals surface area contributed by atoms with E-state index in [4.69, 9.17) is 9.98 Å². The van der Waals surface area contributed by atoms with Crippen LogP contribution in [-0.2, 0) is 0 Å². The molecule has 58 heavy (non-hydrogen) atoms. The fourth-order valence-electron chi connectivity index (χ4n) is 8.72. The Morgan fingerprint density at radius 1 is 0.414 bits per heavy atom. The highest BCUT2D eigenvalue weighted by atomic mass is 15.0. The number of rotatable bonds is 7. The third-order valence-corrected chi connectivity index (χ3v) is 11.5. The molecule has 7 aromatic carbocycles. The van der Waals surface area contributed by atoms with E-state index in [-0.39, 0.29) is 6.04 Å². The first-order chi connectivity index (χ1) is 28.7. The van der Waals surface area contributed by atoms with Gasteiger partial charge in [-0.25, -0.2) is 4.98 Å². The van der Waals surface area contributed by atoms with Gasteiger partial charge in [0.15, 0.2) is 0 Å². The third kappa shape index (κ3) is 5.94. The summed E-state index contributed by atoms with van der Waals surface area (Å²) in [5.41, 5.74) is 14.3. The minimum absolute atomic E-state index is 0.0357. The lowest BCUT2D eigenvalue weighted by Gasteiger charge is -2.24. The lowest BCUT2D eigenvalue weighted by atomic mass is 9.95. The van der Waals surface area contributed by atoms with Gasteiger partial charge in [0.2, 0.25) is 0 Å². The Kier molecular flexibility index (Phi) is 8.25. The summed E-state index contributed by atoms with van der Waals surface area (Å²) in [4.78, 5) is 10.5. The summed E-state index contributed by atoms with van der Waals surface area (Å²) < 4.78 is 4.87. The molecule has 0 saturated heterocycles. The minimum Gasteiger partial charge on any atom is -0.340 e. The fourth-order valence-corrected chi connectivity index (χ4v) is 8.72. The molecule has 11 rings (SSSR count). The van der Waals surface area contributed by atoms with Crippen LogP contribution in [-0.4, -0.2) is 19.8 Å². The van der Waals surface area contributed by atoms with Gasteiger partial charge in [-0.1, -0.05) is 164 Å². The molecule has 1 atom stereocenters. The van der Waals surface area contributed by atoms with Crippen molar-refractivity contribution in [3.05, 3.63) is 224 Å². The number of benzene rings is 7. The molecule has 4 heterocycles. The fraction of sp³-hybridized carbons (Fsp3) is 0.0370. The smallest absolute Gasteiger partial charge is 0.0730 e. The molecule has 10 aromatic rings. The zero-order valence-corrected chi connectivity index (χ0v) is 31.8. The second-order valence-corrected chi connectivity index (χ2v) is 15.0. The Morgan fingerprint density at radius 3 is 1.57 bits per heavy atom. The van der Waals surface area contributed by atoms with Crippen LogP contribution in [0.2, 0.25) is 0 Å². The molecule has 4 nitrogen and oxygen atoms in total. The van der Waals surface area contributed by atoms with Gasteiger partial charge in [-0.2, -0.15) is 0 Å². The molecular formula is C54H38N4. The van der Waals surface area contributed by atoms with Crippen molar-refractivity contribution in [3.8, 4) is 39.3 Å². The van der Waals surface area contributed by atoms with Crippen molar-refractivity contribution in [2.24, 2.45) is 4.99 Å². The van der Waals surface area contributed by atoms with Crippen molar-refractivity contribution in [2.45, 2.75) is 12.5 Å². The second-order valence-electron chi connectivity index (χ2n) is 15.0. The number of aliphatic imine (C=N–C) groups is 1. The highest BCUT2D eigenvalue weighted by Gasteiger charge is 2.25. The van der Waals surface area contributed by atoms with Crippen LogP contribution < -0.4 is 0 Å². The molecule has 274 valence electrons. The van der Waals surface area contributed by atoms with E-state index in [9.17, 15) is 0 Å². The first-order valence-electron chi connectivity index (χ1n) is 19.9. The zero-order chi connectivity index (χ0) is 38.4. The van der Waals surface area contributed by atoms with Gasteiger partial charge in [0.25, 0.3) is 0 Å². The Hall–Kier alpha value is -7.56. The highest BCUT2D eigenvalue weighted by Crippen LogP contribution is 2.42. The summed E-state index contributed by atoms with van der Waals surface area (Å²) >= 11 is 0. The topological polar surface area (TPSA) is 35.1 Å². The van der Waals surface area contributed by atoms with Crippen molar-refractivity contribution in [1.29, 1.82) is 0 Å². The average molecular weight is 743 g/mol. The third-order valence-electron chi connectivity index (χ3n) is 11.5. The molecule has 1 unspecified atom stereocenters. The second kappa shape index (κ2) is 14.2. The maximum absolute atomic E-state index is 5.29. The molecule has 0 N–H and O–H groups in total. The Morgan fingerprint density at radius 2 is 0.948 bits per heavy atom. The molecule has 4 heteroatoms. The predicted octanol–water partition coefficient (Wildman–Crippen LogP) is 13.6. The van der Waals surface area contributed by atoms with Gasteiger partial charge in [-0.15, -0.1) is 0 Å². The number of fused-ring (bicyclic) bond motifs is 6. The predicted molar refractivity (Wildman–Crippen MR) is 241 cm³/mol. The summed E-state index contributed by atoms with van der Waals surface area (Å²) in [5, 5.41) is 4.88. The summed E-state index contributed by atoms with van der Waals surface area (Å²) in [6.45, 7) is 0. The summed E-state index contributed by atoms with van der Waals surface area (Å²) in [5.74, 6) is 0. The van der Waals surface area contributed by atoms with E-state index < -0.39 is 0 Å². The van der Waals surface area contributed by atoms with Crippen LogP contribution in [0.4, 0.5) is 0 Å². The quantitative estimate of drug-likeness (QED) is 0.160. The summed E-state index contributed by atoms with van der Waals surface area (Å²) in [7, 11) is 0. The number of pyridine rings is 1. The first-order valence-corrected chi connectivity index (χ1v) is 19.9. The van der Waals surface area contributed by atoms with Gasteiger partial charge < -0.3 is 9.13 Å². The minimum atomic E-state index is 0.0357. The molecule has 0 saturated carbocycles. The number of aromatic nitrogens is 3. The van der Waals surface area contributed by atoms with Crippen molar-refractivity contribution < 1.29 is 0 Å². The van der Waals surface area contributed by atoms with E-state index in [1.54, 1.807) is 0 Å². The Balaban J connectivity index is 1.17. The van der Waals surface area contributed by atoms with Gasteiger partial charge >= 0.3 is 0 Å². The van der Waals surface area contributed by atoms with Crippen molar-refractivity contribution in [3.63, 3.8) is 0 Å². The van der Waals surface area contributed by atoms with Gasteiger partial charge in [-0.05, 0) is 64.0 Å². The van der Waals surface area contributed by atoms with Crippen molar-refractivity contribution in [1.82, 2.24) is 14.1 Å². The molecule has 3 aromatic heterocycles. The van der Waals surface area contributed by atoms with Crippen LogP contribution in [0.15, 0.2) is 218 Å². The van der Waals surface area contributed by atoms with Crippen molar-refractivity contribution >= 4 is 44.0 Å². The van der Waals surface area contributed by atoms with Crippen LogP contribution in [0, 0.1) is 0 Å². The van der Waals surface area contributed by atoms with Crippen LogP contribution in [0.3, 0.4) is 0 Å². The molecule has 0 bridgehead atoms. The molecule has 1 aliphatic rings. The Bertz CT molecular complexity index is 3100. The molecule has 0 spiro atoms. The standard InChI is InChI=1S/C54H38N4/c1-6-16-37(17-7-1)42-26-27-45-48(32-42)46-28-30-57(43-33-49(38-18-8-2-9-19-38)55-50(34-43)39-20-10-3-11-21-39)54(46)47-29-31-58(53(45)47)44-35-51(40-22-12-4-13-23-40)56-52(36-44)41-24-14-5-15-25-41/h1-35,44H,36H2. The number of allylic oxidation sites excluding steroid dienone is 1. The van der Waals surface area contributed by atoms with Crippen molar-refractivity contribution in [2.75, 3.05) is 0 Å². The zero-order valence-electron chi connectivity index (χ0n) is 31.8. The lowest BCUT2D eigenvalue weighted by molar-refractivity contribution is 0.646. The normalized spacial score (nSPS) is 14.2. The largest absolute Gasteiger partial charge is 0.340 e. The molecule has 0 fully saturated rings. The number of nitrogens with zero attached hydrogens (tertiary/aromatic N) is 4. The van der Waals surface area contributed by atoms with E-state index in [2.05, 4.69) is 222 Å². The van der Waals surface area contributed by atoms with Crippen LogP contribution in [0.5, 0.6) is 0 Å². The van der Waals surface area contributed by atoms with E-state index in [1.807, 2.05) is 0 Å². The maximum Gasteiger partial charge on any atom is 0.0730 e. The molecule has 0 radical (unpaired) electrons. The van der Waals surface area contributed by atoms with Gasteiger partial charge in [0.05, 0.1) is 39.9 Å². The van der Waals surface area contributed by atoms with Gasteiger partial charge in [0, 0.05) is 51.8 Å². The highest BCUT2D eigenvalue weighted by molar-refractivity contribution is 6.25. The van der Waals surface area contributed by atoms with E-state index in [1.165, 1.54) is 43.7 Å². The number of hydrogen-bond donors (Lipinski definition) is 0. The molecule has 1 aliphatic heterocycles. The lowest BCUT2D eigenvalue weighted by Crippen LogP contribution is -2.16. The number of hydrogen-bond acceptors (Lipinski definition) is 2. The first kappa shape index (κ1) is 33.8. The average Bonchev–Trinajstić information content (AvgIpc) is 3.96. The van der Waals surface area contributed by atoms with Crippen LogP contribution in [0.25, 0.3) is 77.6 Å². The van der Waals surface area contributed by atoms with E-state index in [0.717, 1.165) is 57.2 Å². The van der Waals surface area contributed by atoms with Crippen LogP contribution >= 0.6 is 0 Å². The summed E-state index contributed by atoms with van der Waals surface area (Å²) in [6.07, 6.45) is 7.66. The molecule has 0 aliphatic carbocycles. The van der Waals surface area contributed by atoms with E-state index >= 15 is 0 Å². The van der Waals surface area contributed by atoms with Gasteiger partial charge in [-0.3, -0.25) is 4.99 Å². The SMILES string of the molecule is C1=C(c2ccccc2)N=C(c2ccccc2)CC1n1ccc2c3c(ccn3-c3cc(-c4ccccc4)nc(-c4ccccc4)c3)c3cc(-c4ccccc4)ccc3c21. The van der Waals surface area contributed by atoms with E-state index in [0.29, 0.717) is 0 Å². The maximum atomic E-state index is 5.29.